The van der Waals surface area contributed by atoms with Gasteiger partial charge in [0.05, 0.1) is 22.4 Å². The molecule has 10 rings (SSSR count). The highest BCUT2D eigenvalue weighted by atomic mass is 127. The zero-order valence-electron chi connectivity index (χ0n) is 38.7. The van der Waals surface area contributed by atoms with E-state index in [0.717, 1.165) is 82.3 Å². The Kier molecular flexibility index (Phi) is 16.4. The minimum atomic E-state index is -0.527. The fourth-order valence-electron chi connectivity index (χ4n) is 8.65. The van der Waals surface area contributed by atoms with E-state index in [1.807, 2.05) is 71.1 Å². The van der Waals surface area contributed by atoms with E-state index in [9.17, 15) is 19.2 Å². The molecule has 1 N–H and O–H groups in total. The maximum absolute atomic E-state index is 12.3. The summed E-state index contributed by atoms with van der Waals surface area (Å²) >= 11 is 1.96. The summed E-state index contributed by atoms with van der Waals surface area (Å²) in [4.78, 5) is 57.1. The fourth-order valence-corrected chi connectivity index (χ4v) is 9.09. The first kappa shape index (κ1) is 48.5. The van der Waals surface area contributed by atoms with Crippen LogP contribution in [0.1, 0.15) is 25.0 Å². The van der Waals surface area contributed by atoms with E-state index in [2.05, 4.69) is 126 Å². The van der Waals surface area contributed by atoms with Crippen LogP contribution >= 0.6 is 22.6 Å². The summed E-state index contributed by atoms with van der Waals surface area (Å²) in [5, 5.41) is 0. The Balaban J connectivity index is 0.000000168. The number of anilines is 2. The lowest BCUT2D eigenvalue weighted by Gasteiger charge is -2.36. The Morgan fingerprint density at radius 2 is 1.03 bits per heavy atom. The molecule has 69 heavy (non-hydrogen) atoms. The highest BCUT2D eigenvalue weighted by Gasteiger charge is 2.23. The van der Waals surface area contributed by atoms with Crippen LogP contribution < -0.4 is 21.3 Å². The van der Waals surface area contributed by atoms with Crippen molar-refractivity contribution in [3.05, 3.63) is 178 Å². The maximum atomic E-state index is 12.3. The van der Waals surface area contributed by atoms with Crippen LogP contribution in [0.15, 0.2) is 164 Å². The molecule has 0 aliphatic carbocycles. The number of nitrogens with zero attached hydrogens (tertiary/aromatic N) is 5. The minimum absolute atomic E-state index is 0.152. The number of hydrogen-bond donors (Lipinski definition) is 1. The molecule has 8 aromatic rings. The van der Waals surface area contributed by atoms with Gasteiger partial charge >= 0.3 is 23.5 Å². The molecule has 0 unspecified atom stereocenters. The van der Waals surface area contributed by atoms with Crippen molar-refractivity contribution in [1.29, 1.82) is 0 Å². The van der Waals surface area contributed by atoms with Gasteiger partial charge in [-0.2, -0.15) is 0 Å². The number of aromatic nitrogens is 2. The van der Waals surface area contributed by atoms with E-state index in [1.54, 1.807) is 0 Å². The molecular formula is C54H55IN6O8. The molecule has 356 valence electrons. The van der Waals surface area contributed by atoms with Gasteiger partial charge in [0.25, 0.3) is 0 Å². The predicted molar refractivity (Wildman–Crippen MR) is 278 cm³/mol. The number of alkyl halides is 1. The summed E-state index contributed by atoms with van der Waals surface area (Å²) in [5.41, 5.74) is 12.1. The van der Waals surface area contributed by atoms with E-state index in [0.29, 0.717) is 21.3 Å². The molecule has 0 amide bonds. The number of piperazine rings is 2. The lowest BCUT2D eigenvalue weighted by molar-refractivity contribution is -0.144. The Morgan fingerprint density at radius 3 is 1.52 bits per heavy atom. The third-order valence-corrected chi connectivity index (χ3v) is 12.4. The second-order valence-electron chi connectivity index (χ2n) is 16.8. The number of para-hydroxylation sites is 2. The molecule has 2 saturated heterocycles. The van der Waals surface area contributed by atoms with E-state index in [4.69, 9.17) is 13.6 Å². The van der Waals surface area contributed by atoms with Gasteiger partial charge in [-0.25, -0.2) is 14.2 Å². The second kappa shape index (κ2) is 23.4. The quantitative estimate of drug-likeness (QED) is 0.0749. The zero-order valence-corrected chi connectivity index (χ0v) is 40.9. The van der Waals surface area contributed by atoms with Gasteiger partial charge in [-0.05, 0) is 92.4 Å². The Hall–Kier alpha value is -6.95. The third-order valence-electron chi connectivity index (χ3n) is 12.1. The van der Waals surface area contributed by atoms with Crippen LogP contribution in [-0.4, -0.2) is 88.3 Å². The average molecular weight is 1040 g/mol. The molecule has 6 aromatic carbocycles. The first-order chi connectivity index (χ1) is 33.6. The number of carbonyl (C=O) groups is 2. The maximum Gasteiger partial charge on any atom is 0.422 e. The van der Waals surface area contributed by atoms with Crippen molar-refractivity contribution >= 4 is 68.1 Å². The van der Waals surface area contributed by atoms with Crippen LogP contribution in [0.2, 0.25) is 0 Å². The van der Waals surface area contributed by atoms with Gasteiger partial charge in [0, 0.05) is 79.3 Å². The van der Waals surface area contributed by atoms with Crippen LogP contribution in [0.5, 0.6) is 0 Å². The SMILES string of the molecule is CC(=O)OCI.CC(=O)OCn1c(=O)oc2c(N3CCN(Cc4cccc(-c5ccccc5)c4)CC3)cccc21.O=c1[nH]c2cccc(N3CCN(Cc4cccc(-c5ccccc5)c4)CC3)c2o1. The lowest BCUT2D eigenvalue weighted by atomic mass is 10.0. The number of halogens is 1. The topological polar surface area (TPSA) is 147 Å². The molecule has 15 heteroatoms. The Labute approximate surface area is 413 Å². The van der Waals surface area contributed by atoms with Gasteiger partial charge in [0.2, 0.25) is 0 Å². The predicted octanol–water partition coefficient (Wildman–Crippen LogP) is 9.16. The van der Waals surface area contributed by atoms with Crippen molar-refractivity contribution < 1.29 is 27.9 Å². The molecule has 2 fully saturated rings. The summed E-state index contributed by atoms with van der Waals surface area (Å²) in [5.74, 6) is -1.59. The highest BCUT2D eigenvalue weighted by molar-refractivity contribution is 14.1. The molecule has 0 spiro atoms. The van der Waals surface area contributed by atoms with Crippen molar-refractivity contribution in [2.24, 2.45) is 0 Å². The number of carbonyl (C=O) groups excluding carboxylic acids is 2. The normalized spacial score (nSPS) is 14.1. The van der Waals surface area contributed by atoms with E-state index < -0.39 is 17.5 Å². The van der Waals surface area contributed by atoms with Gasteiger partial charge in [-0.15, -0.1) is 0 Å². The number of benzene rings is 6. The molecule has 0 atom stereocenters. The molecule has 2 aliphatic rings. The monoisotopic (exact) mass is 1040 g/mol. The molecule has 2 aromatic heterocycles. The van der Waals surface area contributed by atoms with Gasteiger partial charge in [-0.3, -0.25) is 24.4 Å². The zero-order chi connectivity index (χ0) is 48.1. The van der Waals surface area contributed by atoms with Crippen molar-refractivity contribution in [1.82, 2.24) is 19.4 Å². The van der Waals surface area contributed by atoms with Crippen molar-refractivity contribution in [3.63, 3.8) is 0 Å². The summed E-state index contributed by atoms with van der Waals surface area (Å²) < 4.78 is 22.1. The highest BCUT2D eigenvalue weighted by Crippen LogP contribution is 2.29. The second-order valence-corrected chi connectivity index (χ2v) is 17.4. The number of nitrogens with one attached hydrogen (secondary N) is 1. The molecule has 4 heterocycles. The number of hydrogen-bond acceptors (Lipinski definition) is 12. The Morgan fingerprint density at radius 1 is 0.551 bits per heavy atom. The molecule has 0 saturated carbocycles. The Bertz CT molecular complexity index is 3080. The van der Waals surface area contributed by atoms with Crippen LogP contribution in [0.25, 0.3) is 44.5 Å². The lowest BCUT2D eigenvalue weighted by Crippen LogP contribution is -2.46. The summed E-state index contributed by atoms with van der Waals surface area (Å²) in [6.45, 7) is 11.6. The van der Waals surface area contributed by atoms with Gasteiger partial charge < -0.3 is 28.1 Å². The molecule has 0 radical (unpaired) electrons. The summed E-state index contributed by atoms with van der Waals surface area (Å²) in [7, 11) is 0. The largest absolute Gasteiger partial charge is 0.455 e. The molecule has 14 nitrogen and oxygen atoms in total. The van der Waals surface area contributed by atoms with Crippen LogP contribution in [0.4, 0.5) is 11.4 Å². The molecular weight excluding hydrogens is 988 g/mol. The number of esters is 2. The number of aromatic amines is 1. The minimum Gasteiger partial charge on any atom is -0.455 e. The smallest absolute Gasteiger partial charge is 0.422 e. The number of fused-ring (bicyclic) bond motifs is 2. The van der Waals surface area contributed by atoms with Crippen molar-refractivity contribution in [2.75, 3.05) is 66.8 Å². The number of oxazole rings is 2. The van der Waals surface area contributed by atoms with Gasteiger partial charge in [-0.1, -0.05) is 109 Å². The van der Waals surface area contributed by atoms with Crippen molar-refractivity contribution in [2.45, 2.75) is 33.7 Å². The van der Waals surface area contributed by atoms with E-state index >= 15 is 0 Å². The van der Waals surface area contributed by atoms with Crippen LogP contribution in [-0.2, 0) is 38.9 Å². The van der Waals surface area contributed by atoms with Gasteiger partial charge in [0.1, 0.15) is 4.61 Å². The molecule has 2 aliphatic heterocycles. The first-order valence-electron chi connectivity index (χ1n) is 22.9. The standard InChI is InChI=1S/C27H27N3O4.C24H23N3O2.C3H5IO2/c1-20(31)33-19-30-25-12-6-11-24(26(25)34-27(30)32)29-15-13-28(14-16-29)18-21-7-5-10-23(17-21)22-8-3-2-4-9-22;28-24-25-21-10-5-11-22(23(21)29-24)27-14-12-26(13-15-27)17-18-6-4-9-20(16-18)19-7-2-1-3-8-19;1-3(5)6-2-4/h2-12,17H,13-16,18-19H2,1H3;1-11,16H,12-15,17H2,(H,25,28);2H2,1H3. The van der Waals surface area contributed by atoms with E-state index in [-0.39, 0.29) is 12.7 Å². The average Bonchev–Trinajstić information content (AvgIpc) is 3.92. The number of ether oxygens (including phenoxy) is 2. The summed E-state index contributed by atoms with van der Waals surface area (Å²) in [6.07, 6.45) is 0. The van der Waals surface area contributed by atoms with Crippen LogP contribution in [0.3, 0.4) is 0 Å². The first-order valence-corrected chi connectivity index (χ1v) is 24.4. The third kappa shape index (κ3) is 12.8. The van der Waals surface area contributed by atoms with E-state index in [1.165, 1.54) is 51.8 Å². The fraction of sp³-hybridized carbons (Fsp3) is 0.259. The van der Waals surface area contributed by atoms with Gasteiger partial charge in [0.15, 0.2) is 17.9 Å². The molecule has 0 bridgehead atoms. The van der Waals surface area contributed by atoms with Crippen molar-refractivity contribution in [3.8, 4) is 22.3 Å². The number of H-pyrrole nitrogens is 1. The summed E-state index contributed by atoms with van der Waals surface area (Å²) in [6, 6.07) is 50.0. The number of rotatable bonds is 11. The van der Waals surface area contributed by atoms with Crippen LogP contribution in [0, 0.1) is 0 Å².